The molecule has 124 valence electrons. The van der Waals surface area contributed by atoms with Crippen LogP contribution in [0.4, 0.5) is 0 Å². The number of benzene rings is 1. The molecule has 0 aliphatic carbocycles. The molecular weight excluding hydrogens is 320 g/mol. The lowest BCUT2D eigenvalue weighted by molar-refractivity contribution is -0.132. The van der Waals surface area contributed by atoms with Gasteiger partial charge in [-0.15, -0.1) is 0 Å². The molecular formula is C16H19ClN2O4. The highest BCUT2D eigenvalue weighted by Crippen LogP contribution is 2.13. The summed E-state index contributed by atoms with van der Waals surface area (Å²) in [5, 5.41) is 4.24. The van der Waals surface area contributed by atoms with Crippen LogP contribution in [-0.4, -0.2) is 30.5 Å². The second-order valence-corrected chi connectivity index (χ2v) is 6.28. The molecule has 0 atom stereocenters. The van der Waals surface area contributed by atoms with E-state index in [9.17, 15) is 14.4 Å². The minimum Gasteiger partial charge on any atom is -0.464 e. The second kappa shape index (κ2) is 7.87. The lowest BCUT2D eigenvalue weighted by Crippen LogP contribution is -2.33. The van der Waals surface area contributed by atoms with Crippen LogP contribution in [0.3, 0.4) is 0 Å². The van der Waals surface area contributed by atoms with Gasteiger partial charge in [0.05, 0.1) is 13.5 Å². The molecule has 0 radical (unpaired) electrons. The normalized spacial score (nSPS) is 11.8. The fourth-order valence-electron chi connectivity index (χ4n) is 1.45. The lowest BCUT2D eigenvalue weighted by Gasteiger charge is -2.15. The predicted octanol–water partition coefficient (Wildman–Crippen LogP) is 2.60. The maximum atomic E-state index is 12.2. The highest BCUT2D eigenvalue weighted by molar-refractivity contribution is 6.40. The van der Waals surface area contributed by atoms with Crippen molar-refractivity contribution in [1.29, 1.82) is 0 Å². The first-order valence-corrected chi connectivity index (χ1v) is 7.27. The highest BCUT2D eigenvalue weighted by atomic mass is 35.5. The third kappa shape index (κ3) is 5.83. The molecule has 0 aliphatic heterocycles. The van der Waals surface area contributed by atoms with Crippen LogP contribution in [0.1, 0.15) is 37.6 Å². The van der Waals surface area contributed by atoms with Gasteiger partial charge < -0.3 is 4.74 Å². The van der Waals surface area contributed by atoms with E-state index < -0.39 is 11.4 Å². The Kier molecular flexibility index (Phi) is 6.45. The van der Waals surface area contributed by atoms with Crippen LogP contribution in [-0.2, 0) is 14.3 Å². The Morgan fingerprint density at radius 1 is 1.17 bits per heavy atom. The number of methoxy groups -OCH3 is 1. The number of ketones is 1. The van der Waals surface area contributed by atoms with E-state index in [0.29, 0.717) is 10.6 Å². The van der Waals surface area contributed by atoms with Crippen LogP contribution >= 0.6 is 11.6 Å². The number of halogens is 1. The van der Waals surface area contributed by atoms with Gasteiger partial charge in [0.2, 0.25) is 5.91 Å². The largest absolute Gasteiger partial charge is 0.464 e. The number of hydrogen-bond acceptors (Lipinski definition) is 5. The maximum Gasteiger partial charge on any atom is 0.354 e. The number of carbonyl (C=O) groups excluding carboxylic acids is 3. The minimum atomic E-state index is -0.776. The number of Topliss-reactive ketones (excluding diaryl/α,β-unsaturated/α-hetero) is 1. The number of rotatable bonds is 5. The zero-order chi connectivity index (χ0) is 17.6. The standard InChI is InChI=1S/C16H19ClN2O4/c1-16(2,3)15(22)19-18-12(14(21)23-4)9-13(20)10-5-7-11(17)8-6-10/h5-8H,9H2,1-4H3,(H,19,22)/b18-12-. The Morgan fingerprint density at radius 3 is 2.22 bits per heavy atom. The monoisotopic (exact) mass is 338 g/mol. The highest BCUT2D eigenvalue weighted by Gasteiger charge is 2.23. The summed E-state index contributed by atoms with van der Waals surface area (Å²) in [6.45, 7) is 5.11. The Labute approximate surface area is 139 Å². The molecule has 0 heterocycles. The molecule has 0 spiro atoms. The number of hydrogen-bond donors (Lipinski definition) is 1. The molecule has 0 bridgehead atoms. The van der Waals surface area contributed by atoms with Crippen LogP contribution in [0.15, 0.2) is 29.4 Å². The van der Waals surface area contributed by atoms with Crippen molar-refractivity contribution >= 4 is 35.0 Å². The summed E-state index contributed by atoms with van der Waals surface area (Å²) in [5.74, 6) is -1.49. The molecule has 0 saturated heterocycles. The number of hydrazone groups is 1. The molecule has 7 heteroatoms. The Morgan fingerprint density at radius 2 is 1.74 bits per heavy atom. The molecule has 23 heavy (non-hydrogen) atoms. The quantitative estimate of drug-likeness (QED) is 0.387. The van der Waals surface area contributed by atoms with Gasteiger partial charge in [0.1, 0.15) is 0 Å². The average molecular weight is 339 g/mol. The molecule has 0 aliphatic rings. The van der Waals surface area contributed by atoms with E-state index in [4.69, 9.17) is 11.6 Å². The van der Waals surface area contributed by atoms with Gasteiger partial charge >= 0.3 is 5.97 Å². The molecule has 0 aromatic heterocycles. The van der Waals surface area contributed by atoms with Gasteiger partial charge in [-0.25, -0.2) is 10.2 Å². The van der Waals surface area contributed by atoms with Crippen LogP contribution in [0.5, 0.6) is 0 Å². The van der Waals surface area contributed by atoms with Crippen molar-refractivity contribution in [2.45, 2.75) is 27.2 Å². The van der Waals surface area contributed by atoms with Gasteiger partial charge in [0, 0.05) is 16.0 Å². The maximum absolute atomic E-state index is 12.2. The molecule has 1 aromatic carbocycles. The van der Waals surface area contributed by atoms with Crippen LogP contribution < -0.4 is 5.43 Å². The fourth-order valence-corrected chi connectivity index (χ4v) is 1.58. The van der Waals surface area contributed by atoms with Crippen molar-refractivity contribution in [3.63, 3.8) is 0 Å². The summed E-state index contributed by atoms with van der Waals surface area (Å²) in [6.07, 6.45) is -0.293. The summed E-state index contributed by atoms with van der Waals surface area (Å²) in [6, 6.07) is 6.25. The van der Waals surface area contributed by atoms with E-state index >= 15 is 0 Å². The summed E-state index contributed by atoms with van der Waals surface area (Å²) < 4.78 is 4.59. The average Bonchev–Trinajstić information content (AvgIpc) is 2.49. The molecule has 0 fully saturated rings. The van der Waals surface area contributed by atoms with Gasteiger partial charge in [-0.3, -0.25) is 9.59 Å². The first-order valence-electron chi connectivity index (χ1n) is 6.89. The Bertz CT molecular complexity index is 630. The molecule has 1 rings (SSSR count). The first-order chi connectivity index (χ1) is 10.6. The predicted molar refractivity (Wildman–Crippen MR) is 87.4 cm³/mol. The van der Waals surface area contributed by atoms with Gasteiger partial charge in [-0.05, 0) is 24.3 Å². The van der Waals surface area contributed by atoms with E-state index in [1.807, 2.05) is 0 Å². The third-order valence-corrected chi connectivity index (χ3v) is 3.14. The zero-order valence-electron chi connectivity index (χ0n) is 13.5. The number of esters is 1. The summed E-state index contributed by atoms with van der Waals surface area (Å²) >= 11 is 5.77. The van der Waals surface area contributed by atoms with Crippen LogP contribution in [0.25, 0.3) is 0 Å². The van der Waals surface area contributed by atoms with E-state index in [1.54, 1.807) is 45.0 Å². The van der Waals surface area contributed by atoms with Crippen molar-refractivity contribution in [2.75, 3.05) is 7.11 Å². The Balaban J connectivity index is 2.90. The molecule has 1 aromatic rings. The topological polar surface area (TPSA) is 84.8 Å². The molecule has 1 amide bonds. The molecule has 0 saturated carbocycles. The molecule has 0 unspecified atom stereocenters. The smallest absolute Gasteiger partial charge is 0.354 e. The van der Waals surface area contributed by atoms with E-state index in [-0.39, 0.29) is 23.8 Å². The molecule has 1 N–H and O–H groups in total. The minimum absolute atomic E-state index is 0.176. The molecule has 6 nitrogen and oxygen atoms in total. The van der Waals surface area contributed by atoms with E-state index in [1.165, 1.54) is 7.11 Å². The van der Waals surface area contributed by atoms with Crippen LogP contribution in [0, 0.1) is 5.41 Å². The van der Waals surface area contributed by atoms with E-state index in [2.05, 4.69) is 15.3 Å². The van der Waals surface area contributed by atoms with E-state index in [0.717, 1.165) is 0 Å². The van der Waals surface area contributed by atoms with Gasteiger partial charge in [-0.1, -0.05) is 32.4 Å². The third-order valence-electron chi connectivity index (χ3n) is 2.89. The summed E-state index contributed by atoms with van der Waals surface area (Å²) in [7, 11) is 1.18. The van der Waals surface area contributed by atoms with Crippen molar-refractivity contribution in [2.24, 2.45) is 10.5 Å². The number of carbonyl (C=O) groups is 3. The Hall–Kier alpha value is -2.21. The summed E-state index contributed by atoms with van der Waals surface area (Å²) in [4.78, 5) is 35.7. The fraction of sp³-hybridized carbons (Fsp3) is 0.375. The van der Waals surface area contributed by atoms with Crippen molar-refractivity contribution < 1.29 is 19.1 Å². The lowest BCUT2D eigenvalue weighted by atomic mass is 9.96. The van der Waals surface area contributed by atoms with Crippen LogP contribution in [0.2, 0.25) is 5.02 Å². The first kappa shape index (κ1) is 18.8. The van der Waals surface area contributed by atoms with Crippen molar-refractivity contribution in [3.8, 4) is 0 Å². The summed E-state index contributed by atoms with van der Waals surface area (Å²) in [5.41, 5.74) is 1.81. The van der Waals surface area contributed by atoms with Gasteiger partial charge in [0.25, 0.3) is 0 Å². The SMILES string of the molecule is COC(=O)/C(CC(=O)c1ccc(Cl)cc1)=N\NC(=O)C(C)(C)C. The second-order valence-electron chi connectivity index (χ2n) is 5.85. The number of amides is 1. The zero-order valence-corrected chi connectivity index (χ0v) is 14.2. The number of ether oxygens (including phenoxy) is 1. The number of nitrogens with zero attached hydrogens (tertiary/aromatic N) is 1. The van der Waals surface area contributed by atoms with Crippen molar-refractivity contribution in [3.05, 3.63) is 34.9 Å². The number of nitrogens with one attached hydrogen (secondary N) is 1. The van der Waals surface area contributed by atoms with Crippen molar-refractivity contribution in [1.82, 2.24) is 5.43 Å². The van der Waals surface area contributed by atoms with Gasteiger partial charge in [0.15, 0.2) is 11.5 Å². The van der Waals surface area contributed by atoms with Gasteiger partial charge in [-0.2, -0.15) is 5.10 Å².